The monoisotopic (exact) mass is 670 g/mol. The minimum absolute atomic E-state index is 0.0476. The number of carboxylic acid groups (broad SMARTS) is 2. The highest BCUT2D eigenvalue weighted by Gasteiger charge is 2.20. The lowest BCUT2D eigenvalue weighted by molar-refractivity contribution is 0.0686. The van der Waals surface area contributed by atoms with Crippen LogP contribution in [0.15, 0.2) is 85.6 Å². The number of unbranched alkanes of at least 4 members (excludes halogenated alkanes) is 2. The molecule has 49 heavy (non-hydrogen) atoms. The Kier molecular flexibility index (Phi) is 11.2. The fraction of sp³-hybridized carbons (Fsp3) is 0.229. The zero-order valence-corrected chi connectivity index (χ0v) is 26.7. The molecular formula is C35H34N4O10. The third-order valence-corrected chi connectivity index (χ3v) is 7.60. The number of hydrogen-bond acceptors (Lipinski definition) is 8. The lowest BCUT2D eigenvalue weighted by Gasteiger charge is -2.14. The molecule has 14 nitrogen and oxygen atoms in total. The van der Waals surface area contributed by atoms with E-state index in [-0.39, 0.29) is 46.7 Å². The number of allylic oxidation sites excluding steroid dienone is 2. The largest absolute Gasteiger partial charge is 0.494 e. The molecule has 0 radical (unpaired) electrons. The number of aromatic hydroxyl groups is 2. The van der Waals surface area contributed by atoms with Gasteiger partial charge in [0.25, 0.3) is 11.1 Å². The van der Waals surface area contributed by atoms with Crippen molar-refractivity contribution in [3.63, 3.8) is 0 Å². The molecule has 0 aliphatic rings. The Bertz CT molecular complexity index is 2230. The topological polar surface area (TPSA) is 203 Å². The van der Waals surface area contributed by atoms with E-state index in [0.717, 1.165) is 24.3 Å². The maximum Gasteiger partial charge on any atom is 0.338 e. The van der Waals surface area contributed by atoms with E-state index in [1.54, 1.807) is 0 Å². The van der Waals surface area contributed by atoms with Crippen LogP contribution in [0.1, 0.15) is 71.4 Å². The maximum absolute atomic E-state index is 13.5. The van der Waals surface area contributed by atoms with Crippen molar-refractivity contribution in [2.75, 3.05) is 0 Å². The van der Waals surface area contributed by atoms with Crippen molar-refractivity contribution in [2.45, 2.75) is 52.6 Å². The van der Waals surface area contributed by atoms with Crippen molar-refractivity contribution in [3.8, 4) is 23.1 Å². The Hall–Kier alpha value is -6.40. The van der Waals surface area contributed by atoms with Gasteiger partial charge in [0.2, 0.25) is 11.8 Å². The number of nitrogens with zero attached hydrogens (tertiary/aromatic N) is 4. The lowest BCUT2D eigenvalue weighted by Crippen LogP contribution is -2.40. The van der Waals surface area contributed by atoms with E-state index < -0.39 is 46.2 Å². The summed E-state index contributed by atoms with van der Waals surface area (Å²) in [5, 5.41) is 40.3. The molecule has 4 N–H and O–H groups in total. The van der Waals surface area contributed by atoms with Crippen LogP contribution in [-0.4, -0.2) is 50.6 Å². The van der Waals surface area contributed by atoms with Crippen LogP contribution in [0.4, 0.5) is 0 Å². The molecule has 14 heteroatoms. The van der Waals surface area contributed by atoms with Crippen LogP contribution >= 0.6 is 0 Å². The molecule has 0 spiro atoms. The quantitative estimate of drug-likeness (QED) is 0.120. The summed E-state index contributed by atoms with van der Waals surface area (Å²) in [5.74, 6) is -3.54. The average Bonchev–Trinajstić information content (AvgIpc) is 3.07. The summed E-state index contributed by atoms with van der Waals surface area (Å²) >= 11 is 0. The van der Waals surface area contributed by atoms with E-state index in [9.17, 15) is 49.2 Å². The summed E-state index contributed by atoms with van der Waals surface area (Å²) in [4.78, 5) is 76.0. The minimum Gasteiger partial charge on any atom is -0.494 e. The second kappa shape index (κ2) is 15.5. The first-order valence-electron chi connectivity index (χ1n) is 15.4. The van der Waals surface area contributed by atoms with Crippen LogP contribution in [0.2, 0.25) is 0 Å². The highest BCUT2D eigenvalue weighted by molar-refractivity contribution is 5.88. The first-order chi connectivity index (χ1) is 23.4. The summed E-state index contributed by atoms with van der Waals surface area (Å²) in [5.41, 5.74) is -1.13. The minimum atomic E-state index is -1.19. The van der Waals surface area contributed by atoms with Gasteiger partial charge in [0, 0.05) is 13.1 Å². The number of benzene rings is 2. The van der Waals surface area contributed by atoms with E-state index in [2.05, 4.69) is 5.73 Å². The normalized spacial score (nSPS) is 11.0. The van der Waals surface area contributed by atoms with Crippen LogP contribution in [0.25, 0.3) is 23.5 Å². The van der Waals surface area contributed by atoms with Crippen LogP contribution < -0.4 is 22.5 Å². The average molecular weight is 671 g/mol. The predicted octanol–water partition coefficient (Wildman–Crippen LogP) is 3.60. The molecule has 0 bridgehead atoms. The van der Waals surface area contributed by atoms with Gasteiger partial charge in [-0.1, -0.05) is 32.8 Å². The van der Waals surface area contributed by atoms with E-state index in [1.807, 2.05) is 13.8 Å². The molecule has 0 saturated carbocycles. The molecule has 254 valence electrons. The van der Waals surface area contributed by atoms with Gasteiger partial charge in [0.05, 0.1) is 22.5 Å². The van der Waals surface area contributed by atoms with Gasteiger partial charge in [-0.05, 0) is 79.6 Å². The maximum atomic E-state index is 13.5. The van der Waals surface area contributed by atoms with Gasteiger partial charge in [0.15, 0.2) is 0 Å². The summed E-state index contributed by atoms with van der Waals surface area (Å²) in [7, 11) is 0. The van der Waals surface area contributed by atoms with E-state index >= 15 is 0 Å². The van der Waals surface area contributed by atoms with Gasteiger partial charge in [-0.3, -0.25) is 18.7 Å². The zero-order chi connectivity index (χ0) is 35.8. The smallest absolute Gasteiger partial charge is 0.338 e. The molecule has 4 rings (SSSR count). The zero-order valence-electron chi connectivity index (χ0n) is 26.7. The SMILES string of the molecule is CCCCn1c(O)c(C=C=CC=Cc2c(O)n(CCCC)c(=O)n(-c3ccc(C(=O)O)cc3)c2=O)c(=O)n(-c2ccc(C(=O)O)cc2)c1=O. The molecule has 4 aromatic rings. The molecular weight excluding hydrogens is 636 g/mol. The Morgan fingerprint density at radius 1 is 0.673 bits per heavy atom. The fourth-order valence-corrected chi connectivity index (χ4v) is 4.92. The number of aromatic nitrogens is 4. The standard InChI is InChI=1S/C35H34N4O10/c1-3-5-20-36-28(40)26(30(42)38(34(36)48)24-16-12-22(13-17-24)32(44)45)10-8-7-9-11-27-29(41)37(21-6-4-2)35(49)39(31(27)43)25-18-14-23(15-19-25)33(46)47/h7-8,10-19,40-41H,3-6,20-21H2,1-2H3,(H,44,45)(H,46,47). The highest BCUT2D eigenvalue weighted by Crippen LogP contribution is 2.17. The number of carboxylic acids is 2. The van der Waals surface area contributed by atoms with Gasteiger partial charge in [-0.25, -0.2) is 28.3 Å². The molecule has 0 saturated heterocycles. The lowest BCUT2D eigenvalue weighted by atomic mass is 10.2. The second-order valence-electron chi connectivity index (χ2n) is 10.9. The molecule has 0 aliphatic carbocycles. The second-order valence-corrected chi connectivity index (χ2v) is 10.9. The summed E-state index contributed by atoms with van der Waals surface area (Å²) in [6.07, 6.45) is 7.35. The highest BCUT2D eigenvalue weighted by atomic mass is 16.4. The predicted molar refractivity (Wildman–Crippen MR) is 181 cm³/mol. The summed E-state index contributed by atoms with van der Waals surface area (Å²) in [6.45, 7) is 3.97. The van der Waals surface area contributed by atoms with Crippen LogP contribution in [0.3, 0.4) is 0 Å². The van der Waals surface area contributed by atoms with Gasteiger partial charge >= 0.3 is 23.3 Å². The Balaban J connectivity index is 1.81. The molecule has 0 aliphatic heterocycles. The van der Waals surface area contributed by atoms with Crippen molar-refractivity contribution < 1.29 is 30.0 Å². The number of hydrogen-bond donors (Lipinski definition) is 4. The third kappa shape index (κ3) is 7.45. The van der Waals surface area contributed by atoms with Gasteiger partial charge in [-0.2, -0.15) is 0 Å². The fourth-order valence-electron chi connectivity index (χ4n) is 4.92. The van der Waals surface area contributed by atoms with Crippen molar-refractivity contribution in [1.82, 2.24) is 18.3 Å². The van der Waals surface area contributed by atoms with Gasteiger partial charge < -0.3 is 20.4 Å². The first kappa shape index (κ1) is 35.5. The Morgan fingerprint density at radius 2 is 1.08 bits per heavy atom. The van der Waals surface area contributed by atoms with Crippen LogP contribution in [0, 0.1) is 0 Å². The molecule has 2 aromatic carbocycles. The summed E-state index contributed by atoms with van der Waals surface area (Å²) in [6, 6.07) is 10.2. The van der Waals surface area contributed by atoms with Crippen LogP contribution in [0.5, 0.6) is 11.8 Å². The number of rotatable bonds is 13. The summed E-state index contributed by atoms with van der Waals surface area (Å²) < 4.78 is 3.71. The van der Waals surface area contributed by atoms with Gasteiger partial charge in [-0.15, -0.1) is 5.73 Å². The van der Waals surface area contributed by atoms with E-state index in [4.69, 9.17) is 0 Å². The van der Waals surface area contributed by atoms with Crippen LogP contribution in [-0.2, 0) is 13.1 Å². The molecule has 0 unspecified atom stereocenters. The third-order valence-electron chi connectivity index (χ3n) is 7.60. The molecule has 0 fully saturated rings. The van der Waals surface area contributed by atoms with Gasteiger partial charge in [0.1, 0.15) is 11.1 Å². The molecule has 2 aromatic heterocycles. The number of aromatic carboxylic acids is 2. The molecule has 0 atom stereocenters. The molecule has 2 heterocycles. The Labute approximate surface area is 278 Å². The molecule has 0 amide bonds. The van der Waals surface area contributed by atoms with E-state index in [0.29, 0.717) is 25.7 Å². The Morgan fingerprint density at radius 3 is 1.49 bits per heavy atom. The van der Waals surface area contributed by atoms with E-state index in [1.165, 1.54) is 66.8 Å². The van der Waals surface area contributed by atoms with Crippen molar-refractivity contribution in [1.29, 1.82) is 0 Å². The van der Waals surface area contributed by atoms with Crippen molar-refractivity contribution >= 4 is 24.1 Å². The van der Waals surface area contributed by atoms with Crippen molar-refractivity contribution in [2.24, 2.45) is 0 Å². The number of carbonyl (C=O) groups is 2. The van der Waals surface area contributed by atoms with Crippen molar-refractivity contribution in [3.05, 3.63) is 130 Å². The first-order valence-corrected chi connectivity index (χ1v) is 15.4.